The molecule has 3 rings (SSSR count). The topological polar surface area (TPSA) is 96.0 Å². The fourth-order valence-corrected chi connectivity index (χ4v) is 5.64. The zero-order chi connectivity index (χ0) is 29.1. The number of amides is 2. The van der Waals surface area contributed by atoms with Crippen molar-refractivity contribution >= 4 is 27.5 Å². The molecule has 0 aliphatic rings. The van der Waals surface area contributed by atoms with Crippen molar-refractivity contribution in [1.29, 1.82) is 0 Å². The average molecular weight is 570 g/mol. The summed E-state index contributed by atoms with van der Waals surface area (Å²) in [7, 11) is -2.66. The van der Waals surface area contributed by atoms with Gasteiger partial charge in [-0.3, -0.25) is 13.9 Å². The number of hydrogen-bond acceptors (Lipinski definition) is 5. The van der Waals surface area contributed by atoms with E-state index in [0.29, 0.717) is 24.3 Å². The van der Waals surface area contributed by atoms with Gasteiger partial charge in [0.15, 0.2) is 0 Å². The summed E-state index contributed by atoms with van der Waals surface area (Å²) in [5.74, 6) is -0.795. The number of anilines is 1. The van der Waals surface area contributed by atoms with Crippen LogP contribution in [0.1, 0.15) is 38.7 Å². The molecule has 2 amide bonds. The Morgan fingerprint density at radius 1 is 0.950 bits per heavy atom. The van der Waals surface area contributed by atoms with Crippen molar-refractivity contribution < 1.29 is 27.1 Å². The summed E-state index contributed by atoms with van der Waals surface area (Å²) in [6.45, 7) is 3.71. The molecule has 0 saturated carbocycles. The monoisotopic (exact) mass is 569 g/mol. The Morgan fingerprint density at radius 2 is 1.60 bits per heavy atom. The predicted molar refractivity (Wildman–Crippen MR) is 153 cm³/mol. The van der Waals surface area contributed by atoms with Crippen LogP contribution in [0.25, 0.3) is 0 Å². The number of methoxy groups -OCH3 is 1. The van der Waals surface area contributed by atoms with Gasteiger partial charge in [-0.1, -0.05) is 50.6 Å². The molecule has 214 valence electrons. The molecule has 40 heavy (non-hydrogen) atoms. The van der Waals surface area contributed by atoms with E-state index >= 15 is 0 Å². The molecule has 8 nitrogen and oxygen atoms in total. The van der Waals surface area contributed by atoms with Crippen LogP contribution in [0.15, 0.2) is 83.8 Å². The van der Waals surface area contributed by atoms with E-state index in [-0.39, 0.29) is 23.0 Å². The van der Waals surface area contributed by atoms with Crippen LogP contribution in [0, 0.1) is 5.82 Å². The van der Waals surface area contributed by atoms with Gasteiger partial charge in [0.2, 0.25) is 11.8 Å². The van der Waals surface area contributed by atoms with Crippen molar-refractivity contribution in [2.75, 3.05) is 24.5 Å². The zero-order valence-corrected chi connectivity index (χ0v) is 23.9. The van der Waals surface area contributed by atoms with Gasteiger partial charge in [0.05, 0.1) is 17.7 Å². The Balaban J connectivity index is 2.02. The first-order chi connectivity index (χ1) is 19.2. The fourth-order valence-electron chi connectivity index (χ4n) is 4.21. The summed E-state index contributed by atoms with van der Waals surface area (Å²) in [6.07, 6.45) is 1.98. The molecular formula is C30H36FN3O5S. The minimum absolute atomic E-state index is 0.000650. The molecule has 0 unspecified atom stereocenters. The number of sulfonamides is 1. The molecule has 0 fully saturated rings. The highest BCUT2D eigenvalue weighted by Crippen LogP contribution is 2.26. The van der Waals surface area contributed by atoms with Crippen LogP contribution in [0.2, 0.25) is 0 Å². The molecule has 0 aromatic heterocycles. The van der Waals surface area contributed by atoms with Crippen molar-refractivity contribution in [3.8, 4) is 5.75 Å². The lowest BCUT2D eigenvalue weighted by molar-refractivity contribution is -0.140. The Kier molecular flexibility index (Phi) is 11.1. The SMILES string of the molecule is CCCCNC(=O)[C@@H](CC)N(Cc1ccc(F)cc1)C(=O)CN(c1ccc(OC)cc1)S(=O)(=O)c1ccccc1. The Morgan fingerprint density at radius 3 is 2.17 bits per heavy atom. The predicted octanol–water partition coefficient (Wildman–Crippen LogP) is 4.75. The highest BCUT2D eigenvalue weighted by atomic mass is 32.2. The largest absolute Gasteiger partial charge is 0.497 e. The van der Waals surface area contributed by atoms with Crippen molar-refractivity contribution in [3.63, 3.8) is 0 Å². The number of nitrogens with zero attached hydrogens (tertiary/aromatic N) is 2. The molecule has 0 radical (unpaired) electrons. The lowest BCUT2D eigenvalue weighted by atomic mass is 10.1. The number of unbranched alkanes of at least 4 members (excludes halogenated alkanes) is 1. The minimum atomic E-state index is -4.16. The average Bonchev–Trinajstić information content (AvgIpc) is 2.97. The Hall–Kier alpha value is -3.92. The number of benzene rings is 3. The summed E-state index contributed by atoms with van der Waals surface area (Å²) < 4.78 is 47.4. The van der Waals surface area contributed by atoms with Gasteiger partial charge in [-0.2, -0.15) is 0 Å². The summed E-state index contributed by atoms with van der Waals surface area (Å²) in [5.41, 5.74) is 0.872. The second-order valence-electron chi connectivity index (χ2n) is 9.24. The normalized spacial score (nSPS) is 11.9. The molecule has 0 aliphatic carbocycles. The van der Waals surface area contributed by atoms with Gasteiger partial charge in [0.1, 0.15) is 24.2 Å². The quantitative estimate of drug-likeness (QED) is 0.283. The van der Waals surface area contributed by atoms with Gasteiger partial charge in [-0.25, -0.2) is 12.8 Å². The van der Waals surface area contributed by atoms with E-state index in [9.17, 15) is 22.4 Å². The third-order valence-corrected chi connectivity index (χ3v) is 8.24. The second-order valence-corrected chi connectivity index (χ2v) is 11.1. The number of carbonyl (C=O) groups is 2. The van der Waals surface area contributed by atoms with E-state index in [1.165, 1.54) is 36.3 Å². The molecular weight excluding hydrogens is 533 g/mol. The third-order valence-electron chi connectivity index (χ3n) is 6.45. The number of halogens is 1. The molecule has 1 atom stereocenters. The lowest BCUT2D eigenvalue weighted by Gasteiger charge is -2.33. The first-order valence-corrected chi connectivity index (χ1v) is 14.7. The molecule has 0 heterocycles. The van der Waals surface area contributed by atoms with Gasteiger partial charge in [0.25, 0.3) is 10.0 Å². The van der Waals surface area contributed by atoms with Crippen LogP contribution in [0.5, 0.6) is 5.75 Å². The molecule has 0 bridgehead atoms. The number of ether oxygens (including phenoxy) is 1. The van der Waals surface area contributed by atoms with E-state index in [1.807, 2.05) is 6.92 Å². The first-order valence-electron chi connectivity index (χ1n) is 13.2. The summed E-state index contributed by atoms with van der Waals surface area (Å²) >= 11 is 0. The summed E-state index contributed by atoms with van der Waals surface area (Å²) in [5, 5.41) is 2.88. The van der Waals surface area contributed by atoms with Crippen LogP contribution in [-0.4, -0.2) is 51.4 Å². The number of carbonyl (C=O) groups excluding carboxylic acids is 2. The second kappa shape index (κ2) is 14.5. The van der Waals surface area contributed by atoms with Gasteiger partial charge < -0.3 is 15.0 Å². The van der Waals surface area contributed by atoms with Gasteiger partial charge in [0, 0.05) is 13.1 Å². The van der Waals surface area contributed by atoms with Crippen LogP contribution in [0.3, 0.4) is 0 Å². The van der Waals surface area contributed by atoms with Crippen molar-refractivity contribution in [2.24, 2.45) is 0 Å². The van der Waals surface area contributed by atoms with E-state index in [4.69, 9.17) is 4.74 Å². The maximum Gasteiger partial charge on any atom is 0.264 e. The third kappa shape index (κ3) is 7.81. The van der Waals surface area contributed by atoms with E-state index in [1.54, 1.807) is 61.5 Å². The molecule has 3 aromatic rings. The van der Waals surface area contributed by atoms with E-state index < -0.39 is 34.3 Å². The van der Waals surface area contributed by atoms with Crippen molar-refractivity contribution in [2.45, 2.75) is 50.6 Å². The number of nitrogens with one attached hydrogen (secondary N) is 1. The van der Waals surface area contributed by atoms with E-state index in [2.05, 4.69) is 5.32 Å². The lowest BCUT2D eigenvalue weighted by Crippen LogP contribution is -2.52. The van der Waals surface area contributed by atoms with Crippen LogP contribution < -0.4 is 14.4 Å². The fraction of sp³-hybridized carbons (Fsp3) is 0.333. The molecule has 0 aliphatic heterocycles. The minimum Gasteiger partial charge on any atom is -0.497 e. The van der Waals surface area contributed by atoms with Crippen molar-refractivity contribution in [3.05, 3.63) is 90.2 Å². The Bertz CT molecular complexity index is 1350. The van der Waals surface area contributed by atoms with Gasteiger partial charge >= 0.3 is 0 Å². The van der Waals surface area contributed by atoms with Crippen LogP contribution in [-0.2, 0) is 26.2 Å². The van der Waals surface area contributed by atoms with Crippen LogP contribution >= 0.6 is 0 Å². The van der Waals surface area contributed by atoms with E-state index in [0.717, 1.165) is 17.1 Å². The molecule has 0 spiro atoms. The van der Waals surface area contributed by atoms with Crippen LogP contribution in [0.4, 0.5) is 10.1 Å². The van der Waals surface area contributed by atoms with Crippen molar-refractivity contribution in [1.82, 2.24) is 10.2 Å². The molecule has 1 N–H and O–H groups in total. The maximum atomic E-state index is 14.0. The van der Waals surface area contributed by atoms with Gasteiger partial charge in [-0.15, -0.1) is 0 Å². The molecule has 3 aromatic carbocycles. The maximum absolute atomic E-state index is 14.0. The highest BCUT2D eigenvalue weighted by Gasteiger charge is 2.33. The standard InChI is InChI=1S/C30H36FN3O5S/c1-4-6-20-32-30(36)28(5-2)33(21-23-12-14-24(31)15-13-23)29(35)22-34(25-16-18-26(39-3)19-17-25)40(37,38)27-10-8-7-9-11-27/h7-19,28H,4-6,20-22H2,1-3H3,(H,32,36)/t28-/m1/s1. The number of rotatable bonds is 14. The first kappa shape index (κ1) is 30.6. The summed E-state index contributed by atoms with van der Waals surface area (Å²) in [6, 6.07) is 19.0. The molecule has 10 heteroatoms. The number of hydrogen-bond donors (Lipinski definition) is 1. The Labute approximate surface area is 235 Å². The van der Waals surface area contributed by atoms with Gasteiger partial charge in [-0.05, 0) is 66.9 Å². The smallest absolute Gasteiger partial charge is 0.264 e. The molecule has 0 saturated heterocycles. The zero-order valence-electron chi connectivity index (χ0n) is 23.0. The summed E-state index contributed by atoms with van der Waals surface area (Å²) in [4.78, 5) is 28.5. The highest BCUT2D eigenvalue weighted by molar-refractivity contribution is 7.92.